The molecule has 1 atom stereocenters. The molecule has 1 aromatic rings. The molecule has 0 aromatic heterocycles. The molecule has 1 unspecified atom stereocenters. The van der Waals surface area contributed by atoms with Gasteiger partial charge in [0.05, 0.1) is 15.9 Å². The standard InChI is InChI=1S/C10H14N4O5S/c11-12-9-2-1-8(5-10(9)14(16)17)20(18,19)13-4-3-7(15)6-13/h1-2,5,7,12,15H,3-4,6,11H2. The molecule has 0 bridgehead atoms. The molecule has 0 aliphatic carbocycles. The van der Waals surface area contributed by atoms with Gasteiger partial charge in [-0.15, -0.1) is 0 Å². The first-order valence-corrected chi connectivity index (χ1v) is 7.23. The molecule has 9 nitrogen and oxygen atoms in total. The van der Waals surface area contributed by atoms with E-state index < -0.39 is 26.7 Å². The van der Waals surface area contributed by atoms with Gasteiger partial charge < -0.3 is 10.5 Å². The Kier molecular flexibility index (Phi) is 3.90. The summed E-state index contributed by atoms with van der Waals surface area (Å²) in [5.41, 5.74) is 1.74. The van der Waals surface area contributed by atoms with Crippen LogP contribution in [0.15, 0.2) is 23.1 Å². The number of benzene rings is 1. The second-order valence-electron chi connectivity index (χ2n) is 4.39. The van der Waals surface area contributed by atoms with Crippen LogP contribution in [0.1, 0.15) is 6.42 Å². The van der Waals surface area contributed by atoms with E-state index in [2.05, 4.69) is 5.43 Å². The topological polar surface area (TPSA) is 139 Å². The molecule has 1 aliphatic rings. The second-order valence-corrected chi connectivity index (χ2v) is 6.32. The molecule has 1 heterocycles. The Morgan fingerprint density at radius 2 is 2.20 bits per heavy atom. The number of anilines is 1. The van der Waals surface area contributed by atoms with Gasteiger partial charge in [0.2, 0.25) is 10.0 Å². The minimum atomic E-state index is -3.85. The summed E-state index contributed by atoms with van der Waals surface area (Å²) in [7, 11) is -3.85. The van der Waals surface area contributed by atoms with Crippen LogP contribution in [0.4, 0.5) is 11.4 Å². The number of nitro groups is 1. The van der Waals surface area contributed by atoms with Crippen molar-refractivity contribution in [2.45, 2.75) is 17.4 Å². The highest BCUT2D eigenvalue weighted by Crippen LogP contribution is 2.29. The van der Waals surface area contributed by atoms with E-state index in [9.17, 15) is 23.6 Å². The first-order chi connectivity index (χ1) is 9.36. The van der Waals surface area contributed by atoms with Crippen molar-refractivity contribution in [1.29, 1.82) is 0 Å². The van der Waals surface area contributed by atoms with Gasteiger partial charge in [-0.1, -0.05) is 0 Å². The van der Waals surface area contributed by atoms with Crippen LogP contribution >= 0.6 is 0 Å². The molecule has 1 fully saturated rings. The van der Waals surface area contributed by atoms with Gasteiger partial charge in [0, 0.05) is 19.2 Å². The molecule has 1 saturated heterocycles. The molecule has 0 amide bonds. The van der Waals surface area contributed by atoms with Crippen LogP contribution in [-0.4, -0.2) is 41.9 Å². The Morgan fingerprint density at radius 1 is 1.50 bits per heavy atom. The maximum absolute atomic E-state index is 12.3. The lowest BCUT2D eigenvalue weighted by atomic mass is 10.3. The molecule has 10 heteroatoms. The third kappa shape index (κ3) is 2.58. The third-order valence-electron chi connectivity index (χ3n) is 3.09. The first kappa shape index (κ1) is 14.7. The number of nitrogen functional groups attached to an aromatic ring is 1. The van der Waals surface area contributed by atoms with E-state index in [0.29, 0.717) is 6.42 Å². The van der Waals surface area contributed by atoms with E-state index >= 15 is 0 Å². The highest BCUT2D eigenvalue weighted by molar-refractivity contribution is 7.89. The average molecular weight is 302 g/mol. The summed E-state index contributed by atoms with van der Waals surface area (Å²) in [6.07, 6.45) is -0.353. The Hall–Kier alpha value is -1.75. The Morgan fingerprint density at radius 3 is 2.70 bits per heavy atom. The number of nitrogens with zero attached hydrogens (tertiary/aromatic N) is 2. The van der Waals surface area contributed by atoms with Crippen molar-refractivity contribution in [3.8, 4) is 0 Å². The van der Waals surface area contributed by atoms with Gasteiger partial charge in [0.25, 0.3) is 5.69 Å². The molecule has 20 heavy (non-hydrogen) atoms. The van der Waals surface area contributed by atoms with Crippen LogP contribution in [0.25, 0.3) is 0 Å². The molecular weight excluding hydrogens is 288 g/mol. The van der Waals surface area contributed by atoms with Crippen molar-refractivity contribution in [2.24, 2.45) is 5.84 Å². The minimum absolute atomic E-state index is 0.00692. The predicted octanol–water partition coefficient (Wildman–Crippen LogP) is -0.364. The highest BCUT2D eigenvalue weighted by atomic mass is 32.2. The van der Waals surface area contributed by atoms with Crippen molar-refractivity contribution >= 4 is 21.4 Å². The summed E-state index contributed by atoms with van der Waals surface area (Å²) >= 11 is 0. The summed E-state index contributed by atoms with van der Waals surface area (Å²) < 4.78 is 25.7. The van der Waals surface area contributed by atoms with Crippen LogP contribution in [0.2, 0.25) is 0 Å². The van der Waals surface area contributed by atoms with Crippen LogP contribution < -0.4 is 11.3 Å². The zero-order chi connectivity index (χ0) is 14.9. The maximum Gasteiger partial charge on any atom is 0.294 e. The van der Waals surface area contributed by atoms with Gasteiger partial charge in [-0.3, -0.25) is 16.0 Å². The maximum atomic E-state index is 12.3. The fraction of sp³-hybridized carbons (Fsp3) is 0.400. The number of nitrogens with two attached hydrogens (primary N) is 1. The number of aliphatic hydroxyl groups excluding tert-OH is 1. The van der Waals surface area contributed by atoms with Crippen LogP contribution in [0.5, 0.6) is 0 Å². The fourth-order valence-electron chi connectivity index (χ4n) is 2.02. The smallest absolute Gasteiger partial charge is 0.294 e. The molecular formula is C10H14N4O5S. The quantitative estimate of drug-likeness (QED) is 0.392. The molecule has 0 saturated carbocycles. The third-order valence-corrected chi connectivity index (χ3v) is 4.95. The molecule has 2 rings (SSSR count). The molecule has 0 spiro atoms. The lowest BCUT2D eigenvalue weighted by molar-refractivity contribution is -0.384. The van der Waals surface area contributed by atoms with E-state index in [1.165, 1.54) is 12.1 Å². The van der Waals surface area contributed by atoms with Crippen molar-refractivity contribution in [1.82, 2.24) is 4.31 Å². The van der Waals surface area contributed by atoms with Gasteiger partial charge in [-0.2, -0.15) is 4.31 Å². The predicted molar refractivity (Wildman–Crippen MR) is 70.3 cm³/mol. The van der Waals surface area contributed by atoms with Crippen molar-refractivity contribution in [3.63, 3.8) is 0 Å². The van der Waals surface area contributed by atoms with Crippen LogP contribution in [-0.2, 0) is 10.0 Å². The van der Waals surface area contributed by atoms with Gasteiger partial charge in [0.1, 0.15) is 5.69 Å². The number of sulfonamides is 1. The van der Waals surface area contributed by atoms with E-state index in [0.717, 1.165) is 10.4 Å². The SMILES string of the molecule is NNc1ccc(S(=O)(=O)N2CCC(O)C2)cc1[N+](=O)[O-]. The van der Waals surface area contributed by atoms with Crippen molar-refractivity contribution in [3.05, 3.63) is 28.3 Å². The Labute approximate surface area is 115 Å². The van der Waals surface area contributed by atoms with Crippen molar-refractivity contribution in [2.75, 3.05) is 18.5 Å². The molecule has 0 radical (unpaired) electrons. The normalized spacial score (nSPS) is 20.0. The summed E-state index contributed by atoms with van der Waals surface area (Å²) in [6.45, 7) is 0.182. The van der Waals surface area contributed by atoms with E-state index in [-0.39, 0.29) is 23.7 Å². The largest absolute Gasteiger partial charge is 0.392 e. The van der Waals surface area contributed by atoms with E-state index in [4.69, 9.17) is 5.84 Å². The zero-order valence-corrected chi connectivity index (χ0v) is 11.2. The number of hydrogen-bond acceptors (Lipinski definition) is 7. The lowest BCUT2D eigenvalue weighted by Gasteiger charge is -2.16. The van der Waals surface area contributed by atoms with Gasteiger partial charge >= 0.3 is 0 Å². The van der Waals surface area contributed by atoms with Crippen LogP contribution in [0, 0.1) is 10.1 Å². The number of rotatable bonds is 4. The molecule has 1 aliphatic heterocycles. The Balaban J connectivity index is 2.42. The summed E-state index contributed by atoms with van der Waals surface area (Å²) in [6, 6.07) is 3.43. The Bertz CT molecular complexity index is 633. The molecule has 4 N–H and O–H groups in total. The van der Waals surface area contributed by atoms with Gasteiger partial charge in [0.15, 0.2) is 0 Å². The number of hydrogen-bond donors (Lipinski definition) is 3. The summed E-state index contributed by atoms with van der Waals surface area (Å²) in [4.78, 5) is 9.98. The number of hydrazine groups is 1. The number of nitro benzene ring substituents is 1. The van der Waals surface area contributed by atoms with E-state index in [1.54, 1.807) is 0 Å². The fourth-order valence-corrected chi connectivity index (χ4v) is 3.54. The number of nitrogens with one attached hydrogen (secondary N) is 1. The monoisotopic (exact) mass is 302 g/mol. The summed E-state index contributed by atoms with van der Waals surface area (Å²) in [5.74, 6) is 5.14. The zero-order valence-electron chi connectivity index (χ0n) is 10.4. The highest BCUT2D eigenvalue weighted by Gasteiger charge is 2.32. The van der Waals surface area contributed by atoms with E-state index in [1.807, 2.05) is 0 Å². The van der Waals surface area contributed by atoms with Crippen molar-refractivity contribution < 1.29 is 18.4 Å². The summed E-state index contributed by atoms with van der Waals surface area (Å²) in [5, 5.41) is 20.3. The van der Waals surface area contributed by atoms with Crippen LogP contribution in [0.3, 0.4) is 0 Å². The second kappa shape index (κ2) is 5.32. The molecule has 110 valence electrons. The number of aliphatic hydroxyl groups is 1. The molecule has 1 aromatic carbocycles. The minimum Gasteiger partial charge on any atom is -0.392 e. The average Bonchev–Trinajstić information content (AvgIpc) is 2.85. The van der Waals surface area contributed by atoms with Gasteiger partial charge in [-0.25, -0.2) is 8.42 Å². The lowest BCUT2D eigenvalue weighted by Crippen LogP contribution is -2.29. The number of β-amino-alcohol motifs (C(OH)–C–C–N with tert-alkyl or cyclic N) is 1. The first-order valence-electron chi connectivity index (χ1n) is 5.79. The van der Waals surface area contributed by atoms with Gasteiger partial charge in [-0.05, 0) is 18.6 Å².